The van der Waals surface area contributed by atoms with Crippen LogP contribution in [0.15, 0.2) is 24.3 Å². The Balaban J connectivity index is 2.00. The molecule has 1 aliphatic rings. The first-order valence-electron chi connectivity index (χ1n) is 6.71. The van der Waals surface area contributed by atoms with Crippen molar-refractivity contribution in [1.29, 1.82) is 0 Å². The van der Waals surface area contributed by atoms with E-state index in [0.29, 0.717) is 5.56 Å². The number of carboxylic acids is 1. The lowest BCUT2D eigenvalue weighted by molar-refractivity contribution is 0.0697. The topological polar surface area (TPSA) is 43.8 Å². The van der Waals surface area contributed by atoms with Gasteiger partial charge in [-0.2, -0.15) is 0 Å². The van der Waals surface area contributed by atoms with Gasteiger partial charge in [0.15, 0.2) is 0 Å². The van der Waals surface area contributed by atoms with E-state index < -0.39 is 5.97 Å². The fraction of sp³-hybridized carbons (Fsp3) is 0.533. The maximum absolute atomic E-state index is 10.8. The summed E-state index contributed by atoms with van der Waals surface area (Å²) in [5.41, 5.74) is 1.68. The van der Waals surface area contributed by atoms with E-state index in [2.05, 4.69) is 30.6 Å². The molecule has 2 rings (SSSR count). The number of hydrogen-bond acceptors (Lipinski definition) is 3. The summed E-state index contributed by atoms with van der Waals surface area (Å²) in [7, 11) is 0. The van der Waals surface area contributed by atoms with Crippen LogP contribution < -0.4 is 4.90 Å². The van der Waals surface area contributed by atoms with Crippen LogP contribution in [0, 0.1) is 0 Å². The minimum Gasteiger partial charge on any atom is -0.478 e. The third kappa shape index (κ3) is 3.26. The Kier molecular flexibility index (Phi) is 3.80. The predicted octanol–water partition coefficient (Wildman–Crippen LogP) is 2.31. The van der Waals surface area contributed by atoms with Gasteiger partial charge in [0.2, 0.25) is 0 Å². The summed E-state index contributed by atoms with van der Waals surface area (Å²) in [6.07, 6.45) is 0. The zero-order chi connectivity index (χ0) is 14.0. The molecule has 0 saturated carbocycles. The van der Waals surface area contributed by atoms with Gasteiger partial charge in [-0.25, -0.2) is 4.79 Å². The van der Waals surface area contributed by atoms with Crippen molar-refractivity contribution in [2.45, 2.75) is 26.3 Å². The molecule has 4 nitrogen and oxygen atoms in total. The first-order valence-corrected chi connectivity index (χ1v) is 6.71. The second-order valence-corrected chi connectivity index (χ2v) is 6.00. The number of rotatable bonds is 2. The van der Waals surface area contributed by atoms with Gasteiger partial charge in [0.05, 0.1) is 5.56 Å². The van der Waals surface area contributed by atoms with Gasteiger partial charge >= 0.3 is 5.97 Å². The molecule has 0 amide bonds. The van der Waals surface area contributed by atoms with Crippen LogP contribution in [0.3, 0.4) is 0 Å². The minimum atomic E-state index is -0.871. The summed E-state index contributed by atoms with van der Waals surface area (Å²) in [6.45, 7) is 10.8. The van der Waals surface area contributed by atoms with Crippen molar-refractivity contribution in [3.63, 3.8) is 0 Å². The van der Waals surface area contributed by atoms with E-state index in [0.717, 1.165) is 31.9 Å². The average Bonchev–Trinajstić information content (AvgIpc) is 2.38. The predicted molar refractivity (Wildman–Crippen MR) is 76.9 cm³/mol. The highest BCUT2D eigenvalue weighted by Crippen LogP contribution is 2.21. The van der Waals surface area contributed by atoms with E-state index >= 15 is 0 Å². The summed E-state index contributed by atoms with van der Waals surface area (Å²) >= 11 is 0. The molecular formula is C15H22N2O2. The van der Waals surface area contributed by atoms with E-state index in [1.54, 1.807) is 12.1 Å². The number of nitrogens with zero attached hydrogens (tertiary/aromatic N) is 2. The molecule has 4 heteroatoms. The van der Waals surface area contributed by atoms with Crippen LogP contribution in [-0.4, -0.2) is 47.7 Å². The largest absolute Gasteiger partial charge is 0.478 e. The second-order valence-electron chi connectivity index (χ2n) is 6.00. The summed E-state index contributed by atoms with van der Waals surface area (Å²) < 4.78 is 0. The monoisotopic (exact) mass is 262 g/mol. The number of carbonyl (C=O) groups is 1. The van der Waals surface area contributed by atoms with E-state index in [1.165, 1.54) is 0 Å². The highest BCUT2D eigenvalue weighted by atomic mass is 16.4. The van der Waals surface area contributed by atoms with Crippen LogP contribution in [0.5, 0.6) is 0 Å². The maximum Gasteiger partial charge on any atom is 0.335 e. The van der Waals surface area contributed by atoms with Crippen molar-refractivity contribution >= 4 is 11.7 Å². The number of aromatic carboxylic acids is 1. The van der Waals surface area contributed by atoms with Gasteiger partial charge in [0.25, 0.3) is 0 Å². The highest BCUT2D eigenvalue weighted by Gasteiger charge is 2.25. The summed E-state index contributed by atoms with van der Waals surface area (Å²) in [5, 5.41) is 8.89. The SMILES string of the molecule is CC(C)(C)N1CCN(c2ccc(C(=O)O)cc2)CC1. The number of piperazine rings is 1. The Labute approximate surface area is 114 Å². The number of benzene rings is 1. The van der Waals surface area contributed by atoms with Crippen molar-refractivity contribution in [3.8, 4) is 0 Å². The summed E-state index contributed by atoms with van der Waals surface area (Å²) in [6, 6.07) is 7.15. The van der Waals surface area contributed by atoms with Crippen molar-refractivity contribution < 1.29 is 9.90 Å². The van der Waals surface area contributed by atoms with Crippen LogP contribution in [-0.2, 0) is 0 Å². The van der Waals surface area contributed by atoms with Crippen LogP contribution in [0.4, 0.5) is 5.69 Å². The van der Waals surface area contributed by atoms with Crippen LogP contribution in [0.1, 0.15) is 31.1 Å². The quantitative estimate of drug-likeness (QED) is 0.888. The van der Waals surface area contributed by atoms with E-state index in [4.69, 9.17) is 5.11 Å². The van der Waals surface area contributed by atoms with Gasteiger partial charge in [0, 0.05) is 37.4 Å². The standard InChI is InChI=1S/C15H22N2O2/c1-15(2,3)17-10-8-16(9-11-17)13-6-4-12(5-7-13)14(18)19/h4-7H,8-11H2,1-3H3,(H,18,19). The maximum atomic E-state index is 10.8. The van der Waals surface area contributed by atoms with Crippen LogP contribution in [0.2, 0.25) is 0 Å². The zero-order valence-electron chi connectivity index (χ0n) is 11.9. The molecule has 1 fully saturated rings. The fourth-order valence-corrected chi connectivity index (χ4v) is 2.45. The molecule has 0 radical (unpaired) electrons. The Morgan fingerprint density at radius 3 is 2.00 bits per heavy atom. The molecule has 1 aromatic rings. The van der Waals surface area contributed by atoms with Gasteiger partial charge < -0.3 is 10.0 Å². The first kappa shape index (κ1) is 13.9. The molecule has 1 aromatic carbocycles. The number of carboxylic acid groups (broad SMARTS) is 1. The molecule has 1 aliphatic heterocycles. The van der Waals surface area contributed by atoms with Gasteiger partial charge in [0.1, 0.15) is 0 Å². The lowest BCUT2D eigenvalue weighted by Gasteiger charge is -2.43. The molecule has 0 bridgehead atoms. The van der Waals surface area contributed by atoms with Crippen LogP contribution in [0.25, 0.3) is 0 Å². The highest BCUT2D eigenvalue weighted by molar-refractivity contribution is 5.88. The van der Waals surface area contributed by atoms with Crippen LogP contribution >= 0.6 is 0 Å². The van der Waals surface area contributed by atoms with E-state index in [9.17, 15) is 4.79 Å². The molecule has 1 saturated heterocycles. The molecule has 104 valence electrons. The molecule has 0 atom stereocenters. The third-order valence-electron chi connectivity index (χ3n) is 3.71. The van der Waals surface area contributed by atoms with Gasteiger partial charge in [-0.15, -0.1) is 0 Å². The van der Waals surface area contributed by atoms with Crippen molar-refractivity contribution in [1.82, 2.24) is 4.90 Å². The van der Waals surface area contributed by atoms with E-state index in [1.807, 2.05) is 12.1 Å². The van der Waals surface area contributed by atoms with E-state index in [-0.39, 0.29) is 5.54 Å². The average molecular weight is 262 g/mol. The summed E-state index contributed by atoms with van der Waals surface area (Å²) in [4.78, 5) is 15.6. The van der Waals surface area contributed by atoms with Crippen molar-refractivity contribution in [3.05, 3.63) is 29.8 Å². The second kappa shape index (κ2) is 5.21. The van der Waals surface area contributed by atoms with Gasteiger partial charge in [-0.1, -0.05) is 0 Å². The van der Waals surface area contributed by atoms with Gasteiger partial charge in [-0.05, 0) is 45.0 Å². The molecular weight excluding hydrogens is 240 g/mol. The molecule has 0 aromatic heterocycles. The van der Waals surface area contributed by atoms with Crippen molar-refractivity contribution in [2.75, 3.05) is 31.1 Å². The van der Waals surface area contributed by atoms with Gasteiger partial charge in [-0.3, -0.25) is 4.90 Å². The molecule has 0 aliphatic carbocycles. The zero-order valence-corrected chi connectivity index (χ0v) is 11.9. The normalized spacial score (nSPS) is 17.5. The smallest absolute Gasteiger partial charge is 0.335 e. The number of hydrogen-bond donors (Lipinski definition) is 1. The Morgan fingerprint density at radius 1 is 1.05 bits per heavy atom. The Bertz CT molecular complexity index is 440. The molecule has 0 spiro atoms. The molecule has 0 unspecified atom stereocenters. The summed E-state index contributed by atoms with van der Waals surface area (Å²) in [5.74, 6) is -0.871. The minimum absolute atomic E-state index is 0.221. The lowest BCUT2D eigenvalue weighted by atomic mass is 10.0. The molecule has 1 heterocycles. The number of anilines is 1. The Morgan fingerprint density at radius 2 is 1.58 bits per heavy atom. The lowest BCUT2D eigenvalue weighted by Crippen LogP contribution is -2.53. The first-order chi connectivity index (χ1) is 8.88. The van der Waals surface area contributed by atoms with Crippen molar-refractivity contribution in [2.24, 2.45) is 0 Å². The fourth-order valence-electron chi connectivity index (χ4n) is 2.45. The Hall–Kier alpha value is -1.55. The molecule has 19 heavy (non-hydrogen) atoms. The molecule has 1 N–H and O–H groups in total. The third-order valence-corrected chi connectivity index (χ3v) is 3.71.